The van der Waals surface area contributed by atoms with Crippen LogP contribution in [-0.4, -0.2) is 87.5 Å². The number of ether oxygens (including phenoxy) is 2. The molecular weight excluding hydrogens is 1200 g/mol. The van der Waals surface area contributed by atoms with Crippen molar-refractivity contribution in [1.29, 1.82) is 0 Å². The topological polar surface area (TPSA) is 149 Å². The summed E-state index contributed by atoms with van der Waals surface area (Å²) in [6, 6.07) is -0.815. The molecule has 0 spiro atoms. The maximum absolute atomic E-state index is 13.2. The van der Waals surface area contributed by atoms with E-state index in [1.165, 1.54) is 257 Å². The van der Waals surface area contributed by atoms with Crippen molar-refractivity contribution in [2.45, 2.75) is 416 Å². The van der Waals surface area contributed by atoms with Crippen LogP contribution < -0.4 is 5.32 Å². The van der Waals surface area contributed by atoms with E-state index in [1.54, 1.807) is 6.08 Å². The molecule has 97 heavy (non-hydrogen) atoms. The molecule has 1 fully saturated rings. The molecule has 0 aromatic rings. The van der Waals surface area contributed by atoms with E-state index in [0.717, 1.165) is 96.3 Å². The van der Waals surface area contributed by atoms with Crippen LogP contribution in [0.1, 0.15) is 373 Å². The lowest BCUT2D eigenvalue weighted by Gasteiger charge is -2.40. The number of nitrogens with one attached hydrogen (secondary N) is 1. The van der Waals surface area contributed by atoms with Gasteiger partial charge in [0.25, 0.3) is 0 Å². The van der Waals surface area contributed by atoms with Gasteiger partial charge in [0.1, 0.15) is 24.4 Å². The molecule has 1 rings (SSSR count). The molecule has 1 aliphatic heterocycles. The van der Waals surface area contributed by atoms with Crippen molar-refractivity contribution in [2.75, 3.05) is 13.2 Å². The van der Waals surface area contributed by atoms with Crippen molar-refractivity contribution in [3.8, 4) is 0 Å². The van der Waals surface area contributed by atoms with Crippen molar-refractivity contribution in [3.05, 3.63) is 122 Å². The fourth-order valence-electron chi connectivity index (χ4n) is 12.7. The summed E-state index contributed by atoms with van der Waals surface area (Å²) in [4.78, 5) is 13.2. The first-order valence-corrected chi connectivity index (χ1v) is 41.3. The molecule has 1 aliphatic rings. The summed E-state index contributed by atoms with van der Waals surface area (Å²) in [5.74, 6) is -0.177. The predicted molar refractivity (Wildman–Crippen MR) is 419 cm³/mol. The molecule has 560 valence electrons. The zero-order valence-electron chi connectivity index (χ0n) is 63.1. The molecular formula is C88H155NO8. The number of carbonyl (C=O) groups excluding carboxylic acids is 1. The molecule has 0 aliphatic carbocycles. The third-order valence-corrected chi connectivity index (χ3v) is 19.0. The number of rotatable bonds is 72. The molecule has 6 N–H and O–H groups in total. The molecule has 0 bridgehead atoms. The molecule has 0 aromatic carbocycles. The van der Waals surface area contributed by atoms with Gasteiger partial charge in [0.2, 0.25) is 5.91 Å². The van der Waals surface area contributed by atoms with Crippen LogP contribution in [0.5, 0.6) is 0 Å². The summed E-state index contributed by atoms with van der Waals surface area (Å²) in [7, 11) is 0. The van der Waals surface area contributed by atoms with E-state index < -0.39 is 49.5 Å². The number of allylic oxidation sites excluding steroid dienone is 19. The average Bonchev–Trinajstić information content (AvgIpc) is 0.854. The lowest BCUT2D eigenvalue weighted by molar-refractivity contribution is -0.302. The zero-order valence-corrected chi connectivity index (χ0v) is 63.1. The van der Waals surface area contributed by atoms with Crippen molar-refractivity contribution in [1.82, 2.24) is 5.32 Å². The fraction of sp³-hybridized carbons (Fsp3) is 0.761. The van der Waals surface area contributed by atoms with Crippen molar-refractivity contribution in [2.24, 2.45) is 0 Å². The lowest BCUT2D eigenvalue weighted by atomic mass is 9.99. The number of amides is 1. The van der Waals surface area contributed by atoms with Gasteiger partial charge in [-0.25, -0.2) is 0 Å². The van der Waals surface area contributed by atoms with Gasteiger partial charge < -0.3 is 40.3 Å². The van der Waals surface area contributed by atoms with Crippen LogP contribution >= 0.6 is 0 Å². The third kappa shape index (κ3) is 63.3. The van der Waals surface area contributed by atoms with Gasteiger partial charge >= 0.3 is 0 Å². The van der Waals surface area contributed by atoms with Crippen LogP contribution in [-0.2, 0) is 14.3 Å². The second kappa shape index (κ2) is 75.3. The number of hydrogen-bond donors (Lipinski definition) is 6. The average molecular weight is 1360 g/mol. The Hall–Kier alpha value is -3.41. The van der Waals surface area contributed by atoms with Gasteiger partial charge in [0, 0.05) is 6.42 Å². The Balaban J connectivity index is 2.09. The summed E-state index contributed by atoms with van der Waals surface area (Å²) in [6.07, 6.45) is 106. The van der Waals surface area contributed by atoms with Gasteiger partial charge in [0.15, 0.2) is 6.29 Å². The quantitative estimate of drug-likeness (QED) is 0.0261. The second-order valence-electron chi connectivity index (χ2n) is 28.2. The number of unbranched alkanes of at least 4 members (excludes halogenated alkanes) is 44. The van der Waals surface area contributed by atoms with E-state index in [1.807, 2.05) is 6.08 Å². The summed E-state index contributed by atoms with van der Waals surface area (Å²) in [5.41, 5.74) is 0. The lowest BCUT2D eigenvalue weighted by Crippen LogP contribution is -2.60. The van der Waals surface area contributed by atoms with Gasteiger partial charge in [0.05, 0.1) is 25.4 Å². The van der Waals surface area contributed by atoms with Gasteiger partial charge in [-0.2, -0.15) is 0 Å². The normalized spacial score (nSPS) is 18.0. The molecule has 1 saturated heterocycles. The Morgan fingerprint density at radius 1 is 0.361 bits per heavy atom. The number of carbonyl (C=O) groups is 1. The Labute approximate surface area is 598 Å². The van der Waals surface area contributed by atoms with Gasteiger partial charge in [-0.05, 0) is 89.9 Å². The summed E-state index contributed by atoms with van der Waals surface area (Å²) < 4.78 is 11.4. The van der Waals surface area contributed by atoms with Crippen LogP contribution in [0.2, 0.25) is 0 Å². The monoisotopic (exact) mass is 1350 g/mol. The summed E-state index contributed by atoms with van der Waals surface area (Å²) in [6.45, 7) is 3.71. The molecule has 1 amide bonds. The minimum absolute atomic E-state index is 0.177. The van der Waals surface area contributed by atoms with E-state index in [0.29, 0.717) is 6.42 Å². The number of aliphatic hydroxyl groups excluding tert-OH is 5. The van der Waals surface area contributed by atoms with Crippen LogP contribution in [0.3, 0.4) is 0 Å². The Morgan fingerprint density at radius 2 is 0.639 bits per heavy atom. The Morgan fingerprint density at radius 3 is 0.948 bits per heavy atom. The van der Waals surface area contributed by atoms with E-state index >= 15 is 0 Å². The van der Waals surface area contributed by atoms with Crippen molar-refractivity contribution in [3.63, 3.8) is 0 Å². The highest BCUT2D eigenvalue weighted by molar-refractivity contribution is 5.76. The van der Waals surface area contributed by atoms with Crippen molar-refractivity contribution < 1.29 is 39.8 Å². The van der Waals surface area contributed by atoms with E-state index in [2.05, 4.69) is 129 Å². The molecule has 9 heteroatoms. The highest BCUT2D eigenvalue weighted by atomic mass is 16.7. The van der Waals surface area contributed by atoms with Gasteiger partial charge in [-0.3, -0.25) is 4.79 Å². The molecule has 1 heterocycles. The summed E-state index contributed by atoms with van der Waals surface area (Å²) >= 11 is 0. The second-order valence-corrected chi connectivity index (χ2v) is 28.2. The number of hydrogen-bond acceptors (Lipinski definition) is 8. The SMILES string of the molecule is CC/C=C\C/C=C\C/C=C\C/C=C\C/C=C\C/C=C\C/C=C\C/C=C\C/C=C\CCCCCCCCCCCCCCCC(=O)NC(COC1OC(CO)C(O)C(O)C1O)C(O)/C=C/CCCCCCCCCCCCCCCCCCCCCCCCCCCCCCCCC. The molecule has 7 unspecified atom stereocenters. The highest BCUT2D eigenvalue weighted by Gasteiger charge is 2.44. The highest BCUT2D eigenvalue weighted by Crippen LogP contribution is 2.24. The predicted octanol–water partition coefficient (Wildman–Crippen LogP) is 24.1. The Kier molecular flexibility index (Phi) is 71.1. The molecule has 7 atom stereocenters. The maximum atomic E-state index is 13.2. The maximum Gasteiger partial charge on any atom is 0.220 e. The third-order valence-electron chi connectivity index (χ3n) is 19.0. The standard InChI is InChI=1S/C88H155NO8/c1-3-5-7-9-11-13-15-17-19-21-23-25-27-29-31-33-35-37-38-39-40-41-42-43-44-46-48-50-52-54-56-58-60-62-64-66-68-70-72-74-76-78-84(92)89-81(80-96-88-87(95)86(94)85(93)83(79-90)97-88)82(91)77-75-73-71-69-67-65-63-61-59-57-55-53-51-49-47-45-36-34-32-30-28-26-24-22-20-18-16-14-12-10-8-6-4-2/h5,7,11,13,17,19,23,25,29,31,35,37,39-40,42-43,46,48,75,77,81-83,85-88,90-91,93-95H,3-4,6,8-10,12,14-16,18,20-22,24,26-28,30,32-34,36,38,41,44-45,47,49-74,76,78-80H2,1-2H3,(H,89,92)/b7-5-,13-11-,19-17-,25-23-,31-29-,37-35-,40-39-,43-42-,48-46-,77-75+. The van der Waals surface area contributed by atoms with Crippen LogP contribution in [0.15, 0.2) is 122 Å². The van der Waals surface area contributed by atoms with Crippen LogP contribution in [0, 0.1) is 0 Å². The first-order valence-electron chi connectivity index (χ1n) is 41.3. The van der Waals surface area contributed by atoms with Crippen molar-refractivity contribution >= 4 is 5.91 Å². The Bertz CT molecular complexity index is 1960. The first kappa shape index (κ1) is 91.6. The first-order chi connectivity index (χ1) is 47.8. The van der Waals surface area contributed by atoms with E-state index in [4.69, 9.17) is 9.47 Å². The molecule has 0 aromatic heterocycles. The van der Waals surface area contributed by atoms with Gasteiger partial charge in [-0.1, -0.05) is 399 Å². The zero-order chi connectivity index (χ0) is 69.9. The van der Waals surface area contributed by atoms with Crippen LogP contribution in [0.4, 0.5) is 0 Å². The largest absolute Gasteiger partial charge is 0.394 e. The molecule has 0 radical (unpaired) electrons. The van der Waals surface area contributed by atoms with Crippen LogP contribution in [0.25, 0.3) is 0 Å². The minimum Gasteiger partial charge on any atom is -0.394 e. The fourth-order valence-corrected chi connectivity index (χ4v) is 12.7. The van der Waals surface area contributed by atoms with E-state index in [9.17, 15) is 30.3 Å². The summed E-state index contributed by atoms with van der Waals surface area (Å²) in [5, 5.41) is 55.0. The van der Waals surface area contributed by atoms with Gasteiger partial charge in [-0.15, -0.1) is 0 Å². The van der Waals surface area contributed by atoms with E-state index in [-0.39, 0.29) is 12.5 Å². The smallest absolute Gasteiger partial charge is 0.220 e. The minimum atomic E-state index is -1.57. The molecule has 0 saturated carbocycles. The number of aliphatic hydroxyl groups is 5. The molecule has 9 nitrogen and oxygen atoms in total.